The van der Waals surface area contributed by atoms with Crippen molar-refractivity contribution in [2.75, 3.05) is 32.9 Å². The number of fused-ring (bicyclic) bond motifs is 1. The van der Waals surface area contributed by atoms with Crippen molar-refractivity contribution < 1.29 is 24.5 Å². The summed E-state index contributed by atoms with van der Waals surface area (Å²) >= 11 is 0. The Labute approximate surface area is 200 Å². The first-order valence-electron chi connectivity index (χ1n) is 11.0. The second-order valence-corrected chi connectivity index (χ2v) is 7.78. The number of ether oxygens (including phenoxy) is 2. The number of hydrogen-bond donors (Lipinski definition) is 3. The van der Waals surface area contributed by atoms with Crippen LogP contribution in [0.15, 0.2) is 42.5 Å². The number of nitrogens with zero attached hydrogens (tertiary/aromatic N) is 1. The average molecular weight is 477 g/mol. The first kappa shape index (κ1) is 26.7. The number of aliphatic hydroxyl groups is 2. The van der Waals surface area contributed by atoms with Gasteiger partial charge >= 0.3 is 5.97 Å². The lowest BCUT2D eigenvalue weighted by Gasteiger charge is -2.13. The number of aliphatic hydroxyl groups excluding tert-OH is 2. The highest BCUT2D eigenvalue weighted by molar-refractivity contribution is 6.07. The van der Waals surface area contributed by atoms with Gasteiger partial charge in [0.25, 0.3) is 0 Å². The van der Waals surface area contributed by atoms with Crippen molar-refractivity contribution in [2.45, 2.75) is 33.3 Å². The van der Waals surface area contributed by atoms with Crippen LogP contribution in [0.1, 0.15) is 35.0 Å². The van der Waals surface area contributed by atoms with Gasteiger partial charge in [-0.15, -0.1) is 12.4 Å². The molecule has 3 aromatic rings. The smallest absolute Gasteiger partial charge is 0.340 e. The number of aryl methyl sites for hydroxylation is 1. The standard InChI is InChI=1S/C25H32N2O5.ClH/c1-4-31-25(30)24-18(3)27(19-8-6-17(2)7-9-19)23-11-10-21(14-22(23)24)32-16-20(29)15-26-12-5-13-28;/h6-11,14,20,26,28-29H,4-5,12-13,15-16H2,1-3H3;1H. The average Bonchev–Trinajstić information content (AvgIpc) is 3.07. The third-order valence-corrected chi connectivity index (χ3v) is 5.28. The lowest BCUT2D eigenvalue weighted by atomic mass is 10.1. The highest BCUT2D eigenvalue weighted by Gasteiger charge is 2.22. The summed E-state index contributed by atoms with van der Waals surface area (Å²) in [5, 5.41) is 22.7. The molecule has 1 unspecified atom stereocenters. The van der Waals surface area contributed by atoms with Crippen LogP contribution in [0.25, 0.3) is 16.6 Å². The molecule has 3 rings (SSSR count). The Hall–Kier alpha value is -2.58. The van der Waals surface area contributed by atoms with Crippen LogP contribution in [0.3, 0.4) is 0 Å². The number of benzene rings is 2. The second kappa shape index (κ2) is 12.6. The van der Waals surface area contributed by atoms with Gasteiger partial charge in [-0.05, 0) is 64.1 Å². The molecule has 180 valence electrons. The molecule has 0 bridgehead atoms. The van der Waals surface area contributed by atoms with Crippen LogP contribution in [0, 0.1) is 13.8 Å². The maximum absolute atomic E-state index is 12.8. The first-order chi connectivity index (χ1) is 15.5. The molecular weight excluding hydrogens is 444 g/mol. The fraction of sp³-hybridized carbons (Fsp3) is 0.400. The third-order valence-electron chi connectivity index (χ3n) is 5.28. The van der Waals surface area contributed by atoms with Gasteiger partial charge in [0.1, 0.15) is 18.5 Å². The molecule has 1 atom stereocenters. The maximum atomic E-state index is 12.8. The molecular formula is C25H33ClN2O5. The van der Waals surface area contributed by atoms with Crippen molar-refractivity contribution in [1.82, 2.24) is 9.88 Å². The zero-order chi connectivity index (χ0) is 23.1. The minimum Gasteiger partial charge on any atom is -0.491 e. The highest BCUT2D eigenvalue weighted by Crippen LogP contribution is 2.32. The van der Waals surface area contributed by atoms with E-state index in [4.69, 9.17) is 14.6 Å². The van der Waals surface area contributed by atoms with Gasteiger partial charge in [-0.25, -0.2) is 4.79 Å². The zero-order valence-electron chi connectivity index (χ0n) is 19.3. The molecule has 33 heavy (non-hydrogen) atoms. The summed E-state index contributed by atoms with van der Waals surface area (Å²) in [5.74, 6) is 0.199. The van der Waals surface area contributed by atoms with Crippen molar-refractivity contribution in [3.63, 3.8) is 0 Å². The van der Waals surface area contributed by atoms with Gasteiger partial charge in [0.15, 0.2) is 0 Å². The molecule has 3 N–H and O–H groups in total. The van der Waals surface area contributed by atoms with E-state index in [2.05, 4.69) is 5.32 Å². The molecule has 7 nitrogen and oxygen atoms in total. The lowest BCUT2D eigenvalue weighted by Crippen LogP contribution is -2.32. The number of carbonyl (C=O) groups is 1. The summed E-state index contributed by atoms with van der Waals surface area (Å²) in [6.45, 7) is 7.27. The van der Waals surface area contributed by atoms with E-state index in [1.807, 2.05) is 60.9 Å². The molecule has 8 heteroatoms. The Morgan fingerprint density at radius 3 is 2.55 bits per heavy atom. The van der Waals surface area contributed by atoms with Crippen LogP contribution in [-0.2, 0) is 4.74 Å². The number of rotatable bonds is 11. The fourth-order valence-electron chi connectivity index (χ4n) is 3.70. The summed E-state index contributed by atoms with van der Waals surface area (Å²) in [5.41, 5.74) is 4.32. The molecule has 0 saturated heterocycles. The molecule has 0 aliphatic heterocycles. The Kier molecular flexibility index (Phi) is 10.2. The quantitative estimate of drug-likeness (QED) is 0.289. The summed E-state index contributed by atoms with van der Waals surface area (Å²) < 4.78 is 13.2. The normalized spacial score (nSPS) is 11.8. The van der Waals surface area contributed by atoms with E-state index >= 15 is 0 Å². The number of carbonyl (C=O) groups excluding carboxylic acids is 1. The second-order valence-electron chi connectivity index (χ2n) is 7.78. The van der Waals surface area contributed by atoms with Gasteiger partial charge in [-0.3, -0.25) is 0 Å². The Balaban J connectivity index is 0.00000385. The van der Waals surface area contributed by atoms with Crippen LogP contribution in [0.4, 0.5) is 0 Å². The van der Waals surface area contributed by atoms with Gasteiger partial charge < -0.3 is 29.6 Å². The molecule has 0 fully saturated rings. The molecule has 1 aromatic heterocycles. The monoisotopic (exact) mass is 476 g/mol. The van der Waals surface area contributed by atoms with Crippen molar-refractivity contribution in [3.05, 3.63) is 59.3 Å². The predicted octanol–water partition coefficient (Wildman–Crippen LogP) is 3.56. The molecule has 1 heterocycles. The van der Waals surface area contributed by atoms with E-state index in [1.165, 1.54) is 0 Å². The molecule has 2 aromatic carbocycles. The van der Waals surface area contributed by atoms with Gasteiger partial charge in [0.2, 0.25) is 0 Å². The summed E-state index contributed by atoms with van der Waals surface area (Å²) in [6.07, 6.45) is -0.0501. The predicted molar refractivity (Wildman–Crippen MR) is 132 cm³/mol. The number of aromatic nitrogens is 1. The molecule has 0 aliphatic carbocycles. The van der Waals surface area contributed by atoms with E-state index in [9.17, 15) is 9.90 Å². The van der Waals surface area contributed by atoms with Crippen LogP contribution in [0.2, 0.25) is 0 Å². The van der Waals surface area contributed by atoms with Crippen molar-refractivity contribution in [1.29, 1.82) is 0 Å². The summed E-state index contributed by atoms with van der Waals surface area (Å²) in [6, 6.07) is 13.7. The lowest BCUT2D eigenvalue weighted by molar-refractivity contribution is 0.0527. The van der Waals surface area contributed by atoms with E-state index in [0.29, 0.717) is 37.4 Å². The number of nitrogens with one attached hydrogen (secondary N) is 1. The molecule has 0 aliphatic rings. The van der Waals surface area contributed by atoms with Crippen LogP contribution in [0.5, 0.6) is 5.75 Å². The Bertz CT molecular complexity index is 1050. The maximum Gasteiger partial charge on any atom is 0.340 e. The van der Waals surface area contributed by atoms with Crippen LogP contribution in [-0.4, -0.2) is 59.8 Å². The van der Waals surface area contributed by atoms with Gasteiger partial charge in [0.05, 0.1) is 17.7 Å². The summed E-state index contributed by atoms with van der Waals surface area (Å²) in [4.78, 5) is 12.8. The van der Waals surface area contributed by atoms with Crippen LogP contribution >= 0.6 is 12.4 Å². The van der Waals surface area contributed by atoms with E-state index in [-0.39, 0.29) is 31.6 Å². The molecule has 0 radical (unpaired) electrons. The van der Waals surface area contributed by atoms with E-state index < -0.39 is 6.10 Å². The summed E-state index contributed by atoms with van der Waals surface area (Å²) in [7, 11) is 0. The van der Waals surface area contributed by atoms with Crippen LogP contribution < -0.4 is 10.1 Å². The number of halogens is 1. The SMILES string of the molecule is CCOC(=O)c1c(C)n(-c2ccc(C)cc2)c2ccc(OCC(O)CNCCCO)cc12.Cl. The third kappa shape index (κ3) is 6.48. The Morgan fingerprint density at radius 2 is 1.88 bits per heavy atom. The number of esters is 1. The van der Waals surface area contributed by atoms with Crippen molar-refractivity contribution in [3.8, 4) is 11.4 Å². The first-order valence-corrected chi connectivity index (χ1v) is 11.0. The van der Waals surface area contributed by atoms with Gasteiger partial charge in [-0.1, -0.05) is 17.7 Å². The number of hydrogen-bond acceptors (Lipinski definition) is 6. The van der Waals surface area contributed by atoms with Gasteiger partial charge in [0, 0.05) is 29.9 Å². The largest absolute Gasteiger partial charge is 0.491 e. The molecule has 0 amide bonds. The minimum atomic E-state index is -0.687. The minimum absolute atomic E-state index is 0. The van der Waals surface area contributed by atoms with E-state index in [0.717, 1.165) is 27.8 Å². The van der Waals surface area contributed by atoms with Crippen molar-refractivity contribution >= 4 is 29.3 Å². The highest BCUT2D eigenvalue weighted by atomic mass is 35.5. The van der Waals surface area contributed by atoms with Gasteiger partial charge in [-0.2, -0.15) is 0 Å². The zero-order valence-corrected chi connectivity index (χ0v) is 20.2. The van der Waals surface area contributed by atoms with Crippen molar-refractivity contribution in [2.24, 2.45) is 0 Å². The Morgan fingerprint density at radius 1 is 1.15 bits per heavy atom. The molecule has 0 spiro atoms. The topological polar surface area (TPSA) is 93.0 Å². The van der Waals surface area contributed by atoms with E-state index in [1.54, 1.807) is 6.92 Å². The fourth-order valence-corrected chi connectivity index (χ4v) is 3.70. The molecule has 0 saturated carbocycles.